The minimum Gasteiger partial charge on any atom is -0.493 e. The van der Waals surface area contributed by atoms with E-state index in [0.717, 1.165) is 75.1 Å². The maximum absolute atomic E-state index is 13.2. The average molecular weight is 674 g/mol. The Labute approximate surface area is 288 Å². The smallest absolute Gasteiger partial charge is 0.236 e. The minimum atomic E-state index is 0.211. The Hall–Kier alpha value is -3.86. The van der Waals surface area contributed by atoms with Gasteiger partial charge in [0.05, 0.1) is 13.7 Å². The van der Waals surface area contributed by atoms with Gasteiger partial charge < -0.3 is 25.0 Å². The number of fused-ring (bicyclic) bond motifs is 1. The third-order valence-electron chi connectivity index (χ3n) is 9.96. The van der Waals surface area contributed by atoms with Gasteiger partial charge in [0.15, 0.2) is 17.3 Å². The van der Waals surface area contributed by atoms with E-state index in [4.69, 9.17) is 31.9 Å². The van der Waals surface area contributed by atoms with Crippen LogP contribution in [0.25, 0.3) is 16.6 Å². The fraction of sp³-hybridized carbons (Fsp3) is 0.486. The van der Waals surface area contributed by atoms with Crippen LogP contribution in [0.2, 0.25) is 5.02 Å². The molecular formula is C37H48ClN7O3. The number of likely N-dealkylation sites (tertiary alicyclic amines) is 2. The highest BCUT2D eigenvalue weighted by molar-refractivity contribution is 6.30. The fourth-order valence-corrected chi connectivity index (χ4v) is 7.54. The second kappa shape index (κ2) is 15.6. The zero-order valence-corrected chi connectivity index (χ0v) is 29.2. The number of anilines is 1. The lowest BCUT2D eigenvalue weighted by atomic mass is 9.87. The molecule has 10 nitrogen and oxygen atoms in total. The lowest BCUT2D eigenvalue weighted by molar-refractivity contribution is -0.133. The molecule has 4 aromatic rings. The maximum Gasteiger partial charge on any atom is 0.236 e. The van der Waals surface area contributed by atoms with Gasteiger partial charge in [0, 0.05) is 35.3 Å². The summed E-state index contributed by atoms with van der Waals surface area (Å²) in [5, 5.41) is 5.41. The molecular weight excluding hydrogens is 626 g/mol. The molecule has 2 saturated heterocycles. The van der Waals surface area contributed by atoms with Gasteiger partial charge in [-0.1, -0.05) is 37.6 Å². The highest BCUT2D eigenvalue weighted by Gasteiger charge is 2.32. The van der Waals surface area contributed by atoms with Gasteiger partial charge in [0.25, 0.3) is 0 Å². The predicted molar refractivity (Wildman–Crippen MR) is 191 cm³/mol. The SMILES string of the molecule is CCN(CC)CC(=O)N1CCC(c2c(CCCN3CCCC3)c(-c3ccc(Oc4cccc(Cl)c4)c(OC)c3)c3c(N)ncnn23)CC1. The molecule has 0 spiro atoms. The molecule has 256 valence electrons. The van der Waals surface area contributed by atoms with Crippen molar-refractivity contribution in [3.05, 3.63) is 65.1 Å². The van der Waals surface area contributed by atoms with Crippen molar-refractivity contribution in [2.45, 2.75) is 58.3 Å². The lowest BCUT2D eigenvalue weighted by Crippen LogP contribution is -2.44. The Kier molecular flexibility index (Phi) is 11.0. The first kappa shape index (κ1) is 34.0. The van der Waals surface area contributed by atoms with Gasteiger partial charge in [-0.15, -0.1) is 0 Å². The van der Waals surface area contributed by atoms with Crippen molar-refractivity contribution in [2.75, 3.05) is 65.2 Å². The third-order valence-corrected chi connectivity index (χ3v) is 10.2. The van der Waals surface area contributed by atoms with Gasteiger partial charge in [-0.05, 0) is 113 Å². The Morgan fingerprint density at radius 3 is 2.52 bits per heavy atom. The number of halogens is 1. The quantitative estimate of drug-likeness (QED) is 0.172. The predicted octanol–water partition coefficient (Wildman–Crippen LogP) is 6.51. The zero-order chi connectivity index (χ0) is 33.6. The number of nitrogens with zero attached hydrogens (tertiary/aromatic N) is 6. The maximum atomic E-state index is 13.2. The number of aromatic nitrogens is 3. The first-order chi connectivity index (χ1) is 23.4. The van der Waals surface area contributed by atoms with Crippen molar-refractivity contribution in [1.82, 2.24) is 29.3 Å². The number of rotatable bonds is 13. The van der Waals surface area contributed by atoms with Crippen molar-refractivity contribution < 1.29 is 14.3 Å². The molecule has 2 aliphatic rings. The largest absolute Gasteiger partial charge is 0.493 e. The molecule has 0 aliphatic carbocycles. The molecule has 4 heterocycles. The van der Waals surface area contributed by atoms with E-state index in [1.165, 1.54) is 37.2 Å². The number of piperidine rings is 1. The standard InChI is InChI=1S/C37H48ClN7O3/c1-4-42(5-2)24-33(46)44-20-15-26(16-21-44)35-30(12-9-19-43-17-6-7-18-43)34(36-37(39)40-25-41-45(35)36)27-13-14-31(32(22-27)47-3)48-29-11-8-10-28(38)23-29/h8,10-11,13-14,22-23,25-26H,4-7,9,12,15-21,24H2,1-3H3,(H2,39,40,41). The number of likely N-dealkylation sites (N-methyl/N-ethyl adjacent to an activating group) is 1. The van der Waals surface area contributed by atoms with Gasteiger partial charge in [-0.25, -0.2) is 9.50 Å². The number of amides is 1. The summed E-state index contributed by atoms with van der Waals surface area (Å²) in [5.74, 6) is 2.71. The van der Waals surface area contributed by atoms with Crippen LogP contribution in [-0.4, -0.2) is 94.7 Å². The molecule has 6 rings (SSSR count). The highest BCUT2D eigenvalue weighted by atomic mass is 35.5. The molecule has 0 bridgehead atoms. The first-order valence-electron chi connectivity index (χ1n) is 17.4. The summed E-state index contributed by atoms with van der Waals surface area (Å²) in [7, 11) is 1.65. The topological polar surface area (TPSA) is 101 Å². The van der Waals surface area contributed by atoms with Gasteiger partial charge in [-0.2, -0.15) is 5.10 Å². The Bertz CT molecular complexity index is 1710. The van der Waals surface area contributed by atoms with Gasteiger partial charge in [0.1, 0.15) is 17.6 Å². The van der Waals surface area contributed by atoms with Crippen molar-refractivity contribution in [3.8, 4) is 28.4 Å². The van der Waals surface area contributed by atoms with E-state index in [0.29, 0.717) is 34.6 Å². The van der Waals surface area contributed by atoms with Crippen LogP contribution < -0.4 is 15.2 Å². The number of ether oxygens (including phenoxy) is 2. The Morgan fingerprint density at radius 1 is 1.04 bits per heavy atom. The Balaban J connectivity index is 1.37. The van der Waals surface area contributed by atoms with Crippen molar-refractivity contribution in [2.24, 2.45) is 0 Å². The molecule has 2 fully saturated rings. The normalized spacial score (nSPS) is 15.9. The summed E-state index contributed by atoms with van der Waals surface area (Å²) < 4.78 is 14.1. The summed E-state index contributed by atoms with van der Waals surface area (Å²) in [4.78, 5) is 24.4. The number of carbonyl (C=O) groups is 1. The lowest BCUT2D eigenvalue weighted by Gasteiger charge is -2.33. The van der Waals surface area contributed by atoms with Crippen LogP contribution in [0, 0.1) is 0 Å². The molecule has 48 heavy (non-hydrogen) atoms. The van der Waals surface area contributed by atoms with Crippen molar-refractivity contribution in [3.63, 3.8) is 0 Å². The molecule has 1 amide bonds. The number of hydrogen-bond acceptors (Lipinski definition) is 8. The highest BCUT2D eigenvalue weighted by Crippen LogP contribution is 2.44. The molecule has 2 aliphatic heterocycles. The second-order valence-corrected chi connectivity index (χ2v) is 13.3. The van der Waals surface area contributed by atoms with Crippen molar-refractivity contribution >= 4 is 28.8 Å². The third kappa shape index (κ3) is 7.41. The van der Waals surface area contributed by atoms with Crippen LogP contribution in [0.4, 0.5) is 5.82 Å². The van der Waals surface area contributed by atoms with Crippen LogP contribution in [0.3, 0.4) is 0 Å². The van der Waals surface area contributed by atoms with Crippen LogP contribution in [0.1, 0.15) is 63.1 Å². The minimum absolute atomic E-state index is 0.211. The van der Waals surface area contributed by atoms with E-state index in [9.17, 15) is 4.79 Å². The number of benzene rings is 2. The Morgan fingerprint density at radius 2 is 1.81 bits per heavy atom. The molecule has 0 atom stereocenters. The summed E-state index contributed by atoms with van der Waals surface area (Å²) in [6, 6.07) is 13.3. The van der Waals surface area contributed by atoms with Gasteiger partial charge in [0.2, 0.25) is 5.91 Å². The van der Waals surface area contributed by atoms with Gasteiger partial charge in [-0.3, -0.25) is 9.69 Å². The van der Waals surface area contributed by atoms with Gasteiger partial charge >= 0.3 is 0 Å². The van der Waals surface area contributed by atoms with E-state index in [1.54, 1.807) is 19.5 Å². The van der Waals surface area contributed by atoms with Crippen molar-refractivity contribution in [1.29, 1.82) is 0 Å². The summed E-state index contributed by atoms with van der Waals surface area (Å²) in [6.07, 6.45) is 7.74. The second-order valence-electron chi connectivity index (χ2n) is 12.8. The molecule has 0 saturated carbocycles. The molecule has 2 aromatic heterocycles. The number of carbonyl (C=O) groups excluding carboxylic acids is 1. The fourth-order valence-electron chi connectivity index (χ4n) is 7.36. The summed E-state index contributed by atoms with van der Waals surface area (Å²) in [5.41, 5.74) is 11.9. The van der Waals surface area contributed by atoms with E-state index in [-0.39, 0.29) is 11.8 Å². The van der Waals surface area contributed by atoms with E-state index in [1.807, 2.05) is 39.7 Å². The molecule has 0 unspecified atom stereocenters. The summed E-state index contributed by atoms with van der Waals surface area (Å²) >= 11 is 6.22. The molecule has 11 heteroatoms. The molecule has 2 aromatic carbocycles. The number of nitrogen functional groups attached to an aromatic ring is 1. The van der Waals surface area contributed by atoms with E-state index >= 15 is 0 Å². The van der Waals surface area contributed by atoms with E-state index in [2.05, 4.69) is 34.7 Å². The van der Waals surface area contributed by atoms with Crippen LogP contribution in [0.15, 0.2) is 48.8 Å². The van der Waals surface area contributed by atoms with Crippen LogP contribution in [-0.2, 0) is 11.2 Å². The zero-order valence-electron chi connectivity index (χ0n) is 28.5. The number of hydrogen-bond donors (Lipinski definition) is 1. The molecule has 2 N–H and O–H groups in total. The number of methoxy groups -OCH3 is 1. The monoisotopic (exact) mass is 673 g/mol. The number of nitrogens with two attached hydrogens (primary N) is 1. The summed E-state index contributed by atoms with van der Waals surface area (Å²) in [6.45, 7) is 11.3. The average Bonchev–Trinajstić information content (AvgIpc) is 3.74. The van der Waals surface area contributed by atoms with E-state index < -0.39 is 0 Å². The molecule has 0 radical (unpaired) electrons. The first-order valence-corrected chi connectivity index (χ1v) is 17.8. The van der Waals surface area contributed by atoms with Crippen LogP contribution in [0.5, 0.6) is 17.2 Å². The van der Waals surface area contributed by atoms with Crippen LogP contribution >= 0.6 is 11.6 Å².